The Morgan fingerprint density at radius 1 is 1.38 bits per heavy atom. The SMILES string of the molecule is C/C=C/C(=O)NCC#CCOc1ccc2cccnc2c1. The Labute approximate surface area is 123 Å². The lowest BCUT2D eigenvalue weighted by atomic mass is 10.2. The zero-order valence-electron chi connectivity index (χ0n) is 11.8. The Morgan fingerprint density at radius 3 is 3.14 bits per heavy atom. The zero-order chi connectivity index (χ0) is 14.9. The summed E-state index contributed by atoms with van der Waals surface area (Å²) in [6, 6.07) is 9.63. The molecule has 0 saturated heterocycles. The maximum absolute atomic E-state index is 11.1. The highest BCUT2D eigenvalue weighted by Gasteiger charge is 1.96. The predicted octanol–water partition coefficient (Wildman–Crippen LogP) is 2.31. The second kappa shape index (κ2) is 7.71. The molecule has 2 rings (SSSR count). The molecule has 0 unspecified atom stereocenters. The van der Waals surface area contributed by atoms with Gasteiger partial charge in [-0.2, -0.15) is 0 Å². The van der Waals surface area contributed by atoms with Crippen LogP contribution in [0.5, 0.6) is 5.75 Å². The number of nitrogens with one attached hydrogen (secondary N) is 1. The smallest absolute Gasteiger partial charge is 0.244 e. The topological polar surface area (TPSA) is 51.2 Å². The van der Waals surface area contributed by atoms with E-state index in [0.717, 1.165) is 16.7 Å². The van der Waals surface area contributed by atoms with Crippen molar-refractivity contribution in [2.24, 2.45) is 0 Å². The Bertz CT molecular complexity index is 711. The Kier molecular flexibility index (Phi) is 5.36. The van der Waals surface area contributed by atoms with Crippen LogP contribution in [0.25, 0.3) is 10.9 Å². The van der Waals surface area contributed by atoms with Gasteiger partial charge >= 0.3 is 0 Å². The number of amides is 1. The van der Waals surface area contributed by atoms with Gasteiger partial charge in [-0.1, -0.05) is 24.0 Å². The number of hydrogen-bond acceptors (Lipinski definition) is 3. The number of aromatic nitrogens is 1. The van der Waals surface area contributed by atoms with E-state index < -0.39 is 0 Å². The van der Waals surface area contributed by atoms with Crippen molar-refractivity contribution in [3.8, 4) is 17.6 Å². The van der Waals surface area contributed by atoms with Gasteiger partial charge in [-0.25, -0.2) is 0 Å². The van der Waals surface area contributed by atoms with Gasteiger partial charge in [0.25, 0.3) is 0 Å². The molecule has 0 aliphatic heterocycles. The van der Waals surface area contributed by atoms with E-state index >= 15 is 0 Å². The third kappa shape index (κ3) is 4.66. The molecule has 0 bridgehead atoms. The number of nitrogens with zero attached hydrogens (tertiary/aromatic N) is 1. The fourth-order valence-corrected chi connectivity index (χ4v) is 1.71. The standard InChI is InChI=1S/C17H16N2O2/c1-2-6-17(20)19-10-3-4-12-21-15-9-8-14-7-5-11-18-16(14)13-15/h2,5-9,11,13H,10,12H2,1H3,(H,19,20)/b6-2+. The van der Waals surface area contributed by atoms with Crippen molar-refractivity contribution in [2.75, 3.05) is 13.2 Å². The van der Waals surface area contributed by atoms with E-state index in [1.165, 1.54) is 6.08 Å². The monoisotopic (exact) mass is 280 g/mol. The van der Waals surface area contributed by atoms with Crippen molar-refractivity contribution in [1.82, 2.24) is 10.3 Å². The van der Waals surface area contributed by atoms with Gasteiger partial charge in [0, 0.05) is 17.6 Å². The van der Waals surface area contributed by atoms with Gasteiger partial charge in [-0.05, 0) is 31.2 Å². The van der Waals surface area contributed by atoms with Crippen LogP contribution in [0, 0.1) is 11.8 Å². The quantitative estimate of drug-likeness (QED) is 0.690. The van der Waals surface area contributed by atoms with Gasteiger partial charge in [0.15, 0.2) is 0 Å². The van der Waals surface area contributed by atoms with Gasteiger partial charge in [-0.15, -0.1) is 0 Å². The van der Waals surface area contributed by atoms with Crippen LogP contribution in [-0.2, 0) is 4.79 Å². The number of carbonyl (C=O) groups is 1. The molecule has 0 fully saturated rings. The van der Waals surface area contributed by atoms with Crippen molar-refractivity contribution in [3.63, 3.8) is 0 Å². The minimum atomic E-state index is -0.145. The third-order valence-electron chi connectivity index (χ3n) is 2.68. The Morgan fingerprint density at radius 2 is 2.29 bits per heavy atom. The van der Waals surface area contributed by atoms with E-state index in [2.05, 4.69) is 22.1 Å². The lowest BCUT2D eigenvalue weighted by Gasteiger charge is -2.03. The Hall–Kier alpha value is -2.80. The minimum absolute atomic E-state index is 0.145. The molecule has 0 atom stereocenters. The molecule has 1 aromatic heterocycles. The number of rotatable bonds is 4. The van der Waals surface area contributed by atoms with E-state index in [9.17, 15) is 4.79 Å². The van der Waals surface area contributed by atoms with E-state index in [-0.39, 0.29) is 12.5 Å². The molecule has 2 aromatic rings. The first-order valence-electron chi connectivity index (χ1n) is 6.63. The molecule has 0 spiro atoms. The fraction of sp³-hybridized carbons (Fsp3) is 0.176. The molecule has 21 heavy (non-hydrogen) atoms. The summed E-state index contributed by atoms with van der Waals surface area (Å²) in [5, 5.41) is 3.71. The summed E-state index contributed by atoms with van der Waals surface area (Å²) in [4.78, 5) is 15.4. The summed E-state index contributed by atoms with van der Waals surface area (Å²) >= 11 is 0. The number of allylic oxidation sites excluding steroid dienone is 1. The number of carbonyl (C=O) groups excluding carboxylic acids is 1. The van der Waals surface area contributed by atoms with Crippen molar-refractivity contribution in [3.05, 3.63) is 48.7 Å². The molecule has 0 aliphatic carbocycles. The maximum Gasteiger partial charge on any atom is 0.244 e. The second-order valence-electron chi connectivity index (χ2n) is 4.22. The number of benzene rings is 1. The highest BCUT2D eigenvalue weighted by atomic mass is 16.5. The highest BCUT2D eigenvalue weighted by Crippen LogP contribution is 2.18. The van der Waals surface area contributed by atoms with Crippen LogP contribution in [0.2, 0.25) is 0 Å². The molecule has 0 aliphatic rings. The first-order chi connectivity index (χ1) is 10.3. The van der Waals surface area contributed by atoms with Crippen molar-refractivity contribution in [2.45, 2.75) is 6.92 Å². The molecular formula is C17H16N2O2. The van der Waals surface area contributed by atoms with Gasteiger partial charge in [0.2, 0.25) is 5.91 Å². The summed E-state index contributed by atoms with van der Waals surface area (Å²) < 4.78 is 5.53. The molecule has 106 valence electrons. The molecule has 1 amide bonds. The molecule has 0 saturated carbocycles. The zero-order valence-corrected chi connectivity index (χ0v) is 11.8. The van der Waals surface area contributed by atoms with Crippen LogP contribution in [0.1, 0.15) is 6.92 Å². The molecule has 0 radical (unpaired) electrons. The molecular weight excluding hydrogens is 264 g/mol. The van der Waals surface area contributed by atoms with Crippen molar-refractivity contribution >= 4 is 16.8 Å². The van der Waals surface area contributed by atoms with Crippen LogP contribution in [0.15, 0.2) is 48.7 Å². The summed E-state index contributed by atoms with van der Waals surface area (Å²) in [6.07, 6.45) is 4.89. The van der Waals surface area contributed by atoms with E-state index in [1.54, 1.807) is 19.2 Å². The van der Waals surface area contributed by atoms with Gasteiger partial charge < -0.3 is 10.1 Å². The minimum Gasteiger partial charge on any atom is -0.481 e. The van der Waals surface area contributed by atoms with E-state index in [1.807, 2.05) is 30.3 Å². The third-order valence-corrected chi connectivity index (χ3v) is 2.68. The fourth-order valence-electron chi connectivity index (χ4n) is 1.71. The average molecular weight is 280 g/mol. The first kappa shape index (κ1) is 14.6. The summed E-state index contributed by atoms with van der Waals surface area (Å²) in [7, 11) is 0. The van der Waals surface area contributed by atoms with Gasteiger partial charge in [-0.3, -0.25) is 9.78 Å². The van der Waals surface area contributed by atoms with Gasteiger partial charge in [0.05, 0.1) is 12.1 Å². The number of pyridine rings is 1. The molecule has 1 heterocycles. The van der Waals surface area contributed by atoms with E-state index in [4.69, 9.17) is 4.74 Å². The summed E-state index contributed by atoms with van der Waals surface area (Å²) in [6.45, 7) is 2.38. The number of ether oxygens (including phenoxy) is 1. The van der Waals surface area contributed by atoms with E-state index in [0.29, 0.717) is 6.54 Å². The molecule has 4 nitrogen and oxygen atoms in total. The average Bonchev–Trinajstić information content (AvgIpc) is 2.51. The molecule has 4 heteroatoms. The molecule has 1 aromatic carbocycles. The van der Waals surface area contributed by atoms with Crippen LogP contribution < -0.4 is 10.1 Å². The first-order valence-corrected chi connectivity index (χ1v) is 6.63. The van der Waals surface area contributed by atoms with Crippen LogP contribution in [0.4, 0.5) is 0 Å². The molecule has 1 N–H and O–H groups in total. The van der Waals surface area contributed by atoms with Crippen molar-refractivity contribution < 1.29 is 9.53 Å². The maximum atomic E-state index is 11.1. The lowest BCUT2D eigenvalue weighted by molar-refractivity contribution is -0.116. The second-order valence-corrected chi connectivity index (χ2v) is 4.22. The van der Waals surface area contributed by atoms with Crippen LogP contribution in [-0.4, -0.2) is 24.0 Å². The largest absolute Gasteiger partial charge is 0.481 e. The summed E-state index contributed by atoms with van der Waals surface area (Å²) in [5.41, 5.74) is 0.890. The lowest BCUT2D eigenvalue weighted by Crippen LogP contribution is -2.21. The van der Waals surface area contributed by atoms with Crippen molar-refractivity contribution in [1.29, 1.82) is 0 Å². The number of hydrogen-bond donors (Lipinski definition) is 1. The van der Waals surface area contributed by atoms with Crippen LogP contribution >= 0.6 is 0 Å². The normalized spacial score (nSPS) is 10.1. The highest BCUT2D eigenvalue weighted by molar-refractivity contribution is 5.87. The van der Waals surface area contributed by atoms with Gasteiger partial charge in [0.1, 0.15) is 12.4 Å². The summed E-state index contributed by atoms with van der Waals surface area (Å²) in [5.74, 6) is 6.26. The van der Waals surface area contributed by atoms with Crippen LogP contribution in [0.3, 0.4) is 0 Å². The predicted molar refractivity (Wildman–Crippen MR) is 82.8 cm³/mol. The number of fused-ring (bicyclic) bond motifs is 1. The Balaban J connectivity index is 1.81.